The number of hydrogen-bond donors (Lipinski definition) is 0. The zero-order chi connectivity index (χ0) is 17.4. The largest absolute Gasteiger partial charge is 0.492 e. The molecule has 1 heterocycles. The highest BCUT2D eigenvalue weighted by Gasteiger charge is 2.30. The number of rotatable bonds is 4. The third-order valence-electron chi connectivity index (χ3n) is 5.39. The summed E-state index contributed by atoms with van der Waals surface area (Å²) in [6.45, 7) is 12.0. The monoisotopic (exact) mass is 386 g/mol. The van der Waals surface area contributed by atoms with Crippen molar-refractivity contribution in [1.82, 2.24) is 0 Å². The molecule has 1 aliphatic heterocycles. The lowest BCUT2D eigenvalue weighted by Gasteiger charge is -2.18. The van der Waals surface area contributed by atoms with E-state index in [4.69, 9.17) is 4.74 Å². The molecule has 2 aromatic rings. The third-order valence-corrected chi connectivity index (χ3v) is 6.58. The van der Waals surface area contributed by atoms with Crippen LogP contribution in [0.15, 0.2) is 28.7 Å². The van der Waals surface area contributed by atoms with E-state index in [-0.39, 0.29) is 0 Å². The molecule has 3 rings (SSSR count). The Balaban J connectivity index is 2.02. The quantitative estimate of drug-likeness (QED) is 0.570. The van der Waals surface area contributed by atoms with Crippen LogP contribution in [-0.2, 0) is 6.42 Å². The Hall–Kier alpha value is -1.28. The fourth-order valence-electron chi connectivity index (χ4n) is 3.72. The summed E-state index contributed by atoms with van der Waals surface area (Å²) in [6.07, 6.45) is 2.06. The van der Waals surface area contributed by atoms with Crippen molar-refractivity contribution < 1.29 is 4.74 Å². The van der Waals surface area contributed by atoms with Crippen molar-refractivity contribution >= 4 is 15.9 Å². The van der Waals surface area contributed by atoms with Gasteiger partial charge in [-0.3, -0.25) is 0 Å². The molecular weight excluding hydrogens is 360 g/mol. The van der Waals surface area contributed by atoms with Gasteiger partial charge in [0.05, 0.1) is 6.61 Å². The van der Waals surface area contributed by atoms with Crippen LogP contribution in [0.25, 0.3) is 0 Å². The van der Waals surface area contributed by atoms with Crippen LogP contribution in [0.1, 0.15) is 72.4 Å². The van der Waals surface area contributed by atoms with Gasteiger partial charge in [0.15, 0.2) is 0 Å². The molecule has 0 radical (unpaired) electrons. The minimum absolute atomic E-state index is 0.527. The molecule has 2 aromatic carbocycles. The zero-order valence-electron chi connectivity index (χ0n) is 15.4. The van der Waals surface area contributed by atoms with Crippen LogP contribution in [0.3, 0.4) is 0 Å². The number of fused-ring (bicyclic) bond motifs is 1. The van der Waals surface area contributed by atoms with E-state index >= 15 is 0 Å². The van der Waals surface area contributed by atoms with Gasteiger partial charge in [-0.15, -0.1) is 0 Å². The lowest BCUT2D eigenvalue weighted by atomic mass is 9.88. The van der Waals surface area contributed by atoms with E-state index in [2.05, 4.69) is 74.8 Å². The fourth-order valence-corrected chi connectivity index (χ4v) is 4.17. The van der Waals surface area contributed by atoms with Crippen LogP contribution in [-0.4, -0.2) is 6.61 Å². The lowest BCUT2D eigenvalue weighted by Crippen LogP contribution is -2.01. The second-order valence-corrected chi connectivity index (χ2v) is 8.07. The summed E-state index contributed by atoms with van der Waals surface area (Å²) in [4.78, 5) is 0. The van der Waals surface area contributed by atoms with Crippen molar-refractivity contribution in [3.8, 4) is 5.75 Å². The Morgan fingerprint density at radius 3 is 2.38 bits per heavy atom. The summed E-state index contributed by atoms with van der Waals surface area (Å²) in [7, 11) is 0. The van der Waals surface area contributed by atoms with Gasteiger partial charge in [-0.2, -0.15) is 0 Å². The first-order valence-electron chi connectivity index (χ1n) is 8.97. The van der Waals surface area contributed by atoms with Gasteiger partial charge in [0.1, 0.15) is 5.75 Å². The van der Waals surface area contributed by atoms with Gasteiger partial charge in [0.2, 0.25) is 0 Å². The third kappa shape index (κ3) is 3.01. The van der Waals surface area contributed by atoms with E-state index in [9.17, 15) is 0 Å². The molecule has 1 unspecified atom stereocenters. The van der Waals surface area contributed by atoms with E-state index < -0.39 is 0 Å². The van der Waals surface area contributed by atoms with E-state index in [1.807, 2.05) is 0 Å². The maximum atomic E-state index is 6.16. The SMILES string of the molecule is CCC1COc2c(Cc3ccc(C(C)C)cc3)c(C)c(Br)c(C)c21. The number of hydrogen-bond acceptors (Lipinski definition) is 1. The Bertz CT molecular complexity index is 744. The van der Waals surface area contributed by atoms with Crippen LogP contribution < -0.4 is 4.74 Å². The molecule has 24 heavy (non-hydrogen) atoms. The van der Waals surface area contributed by atoms with Crippen molar-refractivity contribution in [2.75, 3.05) is 6.61 Å². The molecule has 0 aromatic heterocycles. The number of ether oxygens (including phenoxy) is 1. The summed E-state index contributed by atoms with van der Waals surface area (Å²) in [5.41, 5.74) is 8.18. The van der Waals surface area contributed by atoms with Gasteiger partial charge in [-0.25, -0.2) is 0 Å². The maximum Gasteiger partial charge on any atom is 0.127 e. The van der Waals surface area contributed by atoms with E-state index in [0.717, 1.165) is 25.2 Å². The smallest absolute Gasteiger partial charge is 0.127 e. The summed E-state index contributed by atoms with van der Waals surface area (Å²) < 4.78 is 7.41. The standard InChI is InChI=1S/C22H27BrO/c1-6-17-12-24-22-19(14(4)21(23)15(5)20(17)22)11-16-7-9-18(10-8-16)13(2)3/h7-10,13,17H,6,11-12H2,1-5H3. The molecule has 1 atom stereocenters. The predicted octanol–water partition coefficient (Wildman–Crippen LogP) is 6.67. The summed E-state index contributed by atoms with van der Waals surface area (Å²) in [6, 6.07) is 9.05. The molecule has 1 nitrogen and oxygen atoms in total. The zero-order valence-corrected chi connectivity index (χ0v) is 17.0. The van der Waals surface area contributed by atoms with Crippen LogP contribution >= 0.6 is 15.9 Å². The van der Waals surface area contributed by atoms with Crippen LogP contribution in [0.5, 0.6) is 5.75 Å². The Morgan fingerprint density at radius 2 is 1.79 bits per heavy atom. The molecular formula is C22H27BrO. The highest BCUT2D eigenvalue weighted by molar-refractivity contribution is 9.10. The first-order valence-corrected chi connectivity index (χ1v) is 9.76. The molecule has 0 N–H and O–H groups in total. The lowest BCUT2D eigenvalue weighted by molar-refractivity contribution is 0.326. The van der Waals surface area contributed by atoms with Gasteiger partial charge >= 0.3 is 0 Å². The van der Waals surface area contributed by atoms with Gasteiger partial charge in [0, 0.05) is 27.9 Å². The predicted molar refractivity (Wildman–Crippen MR) is 105 cm³/mol. The molecule has 0 bridgehead atoms. The molecule has 0 amide bonds. The minimum atomic E-state index is 0.527. The Labute approximate surface area is 154 Å². The first-order chi connectivity index (χ1) is 11.4. The maximum absolute atomic E-state index is 6.16. The molecule has 0 saturated carbocycles. The average molecular weight is 387 g/mol. The molecule has 0 aliphatic carbocycles. The second-order valence-electron chi connectivity index (χ2n) is 7.27. The van der Waals surface area contributed by atoms with Crippen molar-refractivity contribution in [2.45, 2.75) is 59.3 Å². The Kier molecular flexibility index (Phi) is 5.05. The van der Waals surface area contributed by atoms with Crippen molar-refractivity contribution in [2.24, 2.45) is 0 Å². The minimum Gasteiger partial charge on any atom is -0.492 e. The molecule has 0 saturated heterocycles. The number of benzene rings is 2. The van der Waals surface area contributed by atoms with Crippen LogP contribution in [0.2, 0.25) is 0 Å². The number of halogens is 1. The van der Waals surface area contributed by atoms with E-state index in [1.54, 1.807) is 0 Å². The van der Waals surface area contributed by atoms with E-state index in [1.165, 1.54) is 37.9 Å². The van der Waals surface area contributed by atoms with E-state index in [0.29, 0.717) is 11.8 Å². The highest BCUT2D eigenvalue weighted by Crippen LogP contribution is 2.46. The average Bonchev–Trinajstić information content (AvgIpc) is 3.01. The molecule has 1 aliphatic rings. The van der Waals surface area contributed by atoms with Gasteiger partial charge in [-0.1, -0.05) is 61.0 Å². The Morgan fingerprint density at radius 1 is 1.12 bits per heavy atom. The van der Waals surface area contributed by atoms with Gasteiger partial charge < -0.3 is 4.74 Å². The summed E-state index contributed by atoms with van der Waals surface area (Å²) in [5.74, 6) is 2.25. The van der Waals surface area contributed by atoms with Crippen molar-refractivity contribution in [3.63, 3.8) is 0 Å². The highest BCUT2D eigenvalue weighted by atomic mass is 79.9. The molecule has 0 spiro atoms. The fraction of sp³-hybridized carbons (Fsp3) is 0.455. The van der Waals surface area contributed by atoms with Gasteiger partial charge in [-0.05, 0) is 48.4 Å². The first kappa shape index (κ1) is 17.5. The molecule has 128 valence electrons. The van der Waals surface area contributed by atoms with Crippen molar-refractivity contribution in [3.05, 3.63) is 62.1 Å². The summed E-state index contributed by atoms with van der Waals surface area (Å²) >= 11 is 3.83. The van der Waals surface area contributed by atoms with Crippen LogP contribution in [0.4, 0.5) is 0 Å². The molecule has 2 heteroatoms. The van der Waals surface area contributed by atoms with Crippen molar-refractivity contribution in [1.29, 1.82) is 0 Å². The normalized spacial score (nSPS) is 16.4. The molecule has 0 fully saturated rings. The topological polar surface area (TPSA) is 9.23 Å². The van der Waals surface area contributed by atoms with Crippen LogP contribution in [0, 0.1) is 13.8 Å². The summed E-state index contributed by atoms with van der Waals surface area (Å²) in [5, 5.41) is 0. The second kappa shape index (κ2) is 6.92. The van der Waals surface area contributed by atoms with Gasteiger partial charge in [0.25, 0.3) is 0 Å².